The number of allylic oxidation sites excluding steroid dienone is 4. The predicted molar refractivity (Wildman–Crippen MR) is 137 cm³/mol. The van der Waals surface area contributed by atoms with E-state index < -0.39 is 0 Å². The highest BCUT2D eigenvalue weighted by Crippen LogP contribution is 2.38. The van der Waals surface area contributed by atoms with Gasteiger partial charge in [-0.25, -0.2) is 0 Å². The van der Waals surface area contributed by atoms with E-state index in [1.54, 1.807) is 0 Å². The molecule has 0 fully saturated rings. The first-order valence-electron chi connectivity index (χ1n) is 11.5. The molecule has 31 heavy (non-hydrogen) atoms. The summed E-state index contributed by atoms with van der Waals surface area (Å²) in [5, 5.41) is 0. The van der Waals surface area contributed by atoms with Gasteiger partial charge in [0, 0.05) is 18.8 Å². The number of nitrogens with zero attached hydrogens (tertiary/aromatic N) is 1. The van der Waals surface area contributed by atoms with Crippen molar-refractivity contribution in [1.29, 1.82) is 0 Å². The Hall–Kier alpha value is -2.80. The summed E-state index contributed by atoms with van der Waals surface area (Å²) in [7, 11) is 0. The smallest absolute Gasteiger partial charge is 0.0295 e. The van der Waals surface area contributed by atoms with Crippen molar-refractivity contribution in [2.75, 3.05) is 13.1 Å². The second-order valence-electron chi connectivity index (χ2n) is 8.80. The molecule has 0 spiro atoms. The molecule has 0 aliphatic heterocycles. The minimum Gasteiger partial charge on any atom is -0.373 e. The van der Waals surface area contributed by atoms with Crippen LogP contribution in [-0.4, -0.2) is 18.0 Å². The molecule has 1 atom stereocenters. The lowest BCUT2D eigenvalue weighted by molar-refractivity contribution is 0.396. The zero-order valence-corrected chi connectivity index (χ0v) is 20.0. The van der Waals surface area contributed by atoms with Crippen molar-refractivity contribution in [2.24, 2.45) is 0 Å². The third-order valence-electron chi connectivity index (χ3n) is 6.56. The molecule has 162 valence electrons. The minimum absolute atomic E-state index is 0.490. The molecule has 0 saturated heterocycles. The first kappa shape index (κ1) is 22.9. The zero-order chi connectivity index (χ0) is 22.5. The monoisotopic (exact) mass is 411 g/mol. The Morgan fingerprint density at radius 2 is 1.71 bits per heavy atom. The van der Waals surface area contributed by atoms with Crippen LogP contribution in [0.1, 0.15) is 68.4 Å². The van der Waals surface area contributed by atoms with Gasteiger partial charge in [0.1, 0.15) is 0 Å². The van der Waals surface area contributed by atoms with Crippen LogP contribution in [0, 0.1) is 0 Å². The molecule has 2 aromatic rings. The van der Waals surface area contributed by atoms with E-state index in [1.165, 1.54) is 44.5 Å². The van der Waals surface area contributed by atoms with Gasteiger partial charge in [0.05, 0.1) is 0 Å². The van der Waals surface area contributed by atoms with Gasteiger partial charge in [0.2, 0.25) is 0 Å². The lowest BCUT2D eigenvalue weighted by atomic mass is 9.87. The maximum absolute atomic E-state index is 4.31. The number of hydrogen-bond donors (Lipinski definition) is 0. The molecule has 0 amide bonds. The summed E-state index contributed by atoms with van der Waals surface area (Å²) in [5.41, 5.74) is 11.9. The molecule has 1 aliphatic carbocycles. The van der Waals surface area contributed by atoms with Gasteiger partial charge in [-0.2, -0.15) is 0 Å². The molecule has 1 heteroatoms. The van der Waals surface area contributed by atoms with Crippen LogP contribution < -0.4 is 0 Å². The van der Waals surface area contributed by atoms with Crippen LogP contribution in [0.4, 0.5) is 0 Å². The molecule has 0 aromatic heterocycles. The second-order valence-corrected chi connectivity index (χ2v) is 8.80. The second kappa shape index (κ2) is 10.0. The molecule has 1 nitrogen and oxygen atoms in total. The van der Waals surface area contributed by atoms with Gasteiger partial charge in [0.25, 0.3) is 0 Å². The SMILES string of the molecule is C=C(C)C1=Cc2c(/C(C)=C/C(=C)N(CC)CC)ccc(CC(C)c3ccccc3)c2C1. The summed E-state index contributed by atoms with van der Waals surface area (Å²) in [5.74, 6) is 0.490. The van der Waals surface area contributed by atoms with Crippen molar-refractivity contribution < 1.29 is 0 Å². The molecule has 1 unspecified atom stereocenters. The van der Waals surface area contributed by atoms with Crippen molar-refractivity contribution in [3.8, 4) is 0 Å². The molecular formula is C30H37N. The largest absolute Gasteiger partial charge is 0.373 e. The molecule has 0 heterocycles. The van der Waals surface area contributed by atoms with Crippen molar-refractivity contribution in [3.05, 3.63) is 106 Å². The Balaban J connectivity index is 1.98. The highest BCUT2D eigenvalue weighted by atomic mass is 15.1. The topological polar surface area (TPSA) is 3.24 Å². The average Bonchev–Trinajstić information content (AvgIpc) is 3.21. The van der Waals surface area contributed by atoms with Gasteiger partial charge >= 0.3 is 0 Å². The van der Waals surface area contributed by atoms with Crippen molar-refractivity contribution in [1.82, 2.24) is 4.90 Å². The van der Waals surface area contributed by atoms with Crippen LogP contribution in [-0.2, 0) is 12.8 Å². The molecule has 3 rings (SSSR count). The van der Waals surface area contributed by atoms with E-state index in [0.29, 0.717) is 5.92 Å². The van der Waals surface area contributed by atoms with Gasteiger partial charge in [-0.1, -0.05) is 74.2 Å². The Morgan fingerprint density at radius 3 is 2.32 bits per heavy atom. The van der Waals surface area contributed by atoms with E-state index in [2.05, 4.69) is 107 Å². The molecule has 0 N–H and O–H groups in total. The third-order valence-corrected chi connectivity index (χ3v) is 6.56. The Bertz CT molecular complexity index is 1020. The van der Waals surface area contributed by atoms with Gasteiger partial charge < -0.3 is 4.90 Å². The quantitative estimate of drug-likeness (QED) is 0.380. The summed E-state index contributed by atoms with van der Waals surface area (Å²) in [6, 6.07) is 15.5. The minimum atomic E-state index is 0.490. The Labute approximate surface area is 189 Å². The van der Waals surface area contributed by atoms with E-state index in [1.807, 2.05) is 0 Å². The summed E-state index contributed by atoms with van der Waals surface area (Å²) >= 11 is 0. The highest BCUT2D eigenvalue weighted by Gasteiger charge is 2.22. The van der Waals surface area contributed by atoms with E-state index in [4.69, 9.17) is 0 Å². The van der Waals surface area contributed by atoms with Crippen LogP contribution >= 0.6 is 0 Å². The molecular weight excluding hydrogens is 374 g/mol. The van der Waals surface area contributed by atoms with E-state index in [0.717, 1.165) is 31.6 Å². The first-order valence-corrected chi connectivity index (χ1v) is 11.5. The van der Waals surface area contributed by atoms with Crippen LogP contribution in [0.15, 0.2) is 78.5 Å². The fraction of sp³-hybridized carbons (Fsp3) is 0.333. The van der Waals surface area contributed by atoms with Gasteiger partial charge in [-0.3, -0.25) is 0 Å². The number of likely N-dealkylation sites (N-methyl/N-ethyl adjacent to an activating group) is 1. The van der Waals surface area contributed by atoms with Crippen molar-refractivity contribution in [2.45, 2.75) is 53.4 Å². The number of fused-ring (bicyclic) bond motifs is 1. The zero-order valence-electron chi connectivity index (χ0n) is 20.0. The average molecular weight is 412 g/mol. The van der Waals surface area contributed by atoms with Crippen LogP contribution in [0.2, 0.25) is 0 Å². The summed E-state index contributed by atoms with van der Waals surface area (Å²) in [4.78, 5) is 2.30. The van der Waals surface area contributed by atoms with Crippen molar-refractivity contribution in [3.63, 3.8) is 0 Å². The maximum atomic E-state index is 4.31. The number of rotatable bonds is 9. The standard InChI is InChI=1S/C30H37N/c1-8-31(9-2)24(7)17-23(6)28-16-15-26(18-22(5)25-13-11-10-12-14-25)29-19-27(21(3)4)20-30(28)29/h10-17,20,22H,3,7-9,18-19H2,1-2,4-6H3/b23-17+. The van der Waals surface area contributed by atoms with E-state index in [-0.39, 0.29) is 0 Å². The fourth-order valence-electron chi connectivity index (χ4n) is 4.59. The van der Waals surface area contributed by atoms with Crippen molar-refractivity contribution >= 4 is 11.6 Å². The number of benzene rings is 2. The first-order chi connectivity index (χ1) is 14.8. The van der Waals surface area contributed by atoms with Crippen LogP contribution in [0.5, 0.6) is 0 Å². The summed E-state index contributed by atoms with van der Waals surface area (Å²) in [6.07, 6.45) is 6.64. The predicted octanol–water partition coefficient (Wildman–Crippen LogP) is 7.81. The van der Waals surface area contributed by atoms with E-state index >= 15 is 0 Å². The summed E-state index contributed by atoms with van der Waals surface area (Å²) < 4.78 is 0. The highest BCUT2D eigenvalue weighted by molar-refractivity contribution is 5.81. The summed E-state index contributed by atoms with van der Waals surface area (Å²) in [6.45, 7) is 21.5. The number of hydrogen-bond acceptors (Lipinski definition) is 1. The molecule has 0 bridgehead atoms. The fourth-order valence-corrected chi connectivity index (χ4v) is 4.59. The maximum Gasteiger partial charge on any atom is 0.0295 e. The molecule has 1 aliphatic rings. The van der Waals surface area contributed by atoms with Gasteiger partial charge in [-0.05, 0) is 91.5 Å². The van der Waals surface area contributed by atoms with Crippen LogP contribution in [0.3, 0.4) is 0 Å². The van der Waals surface area contributed by atoms with E-state index in [9.17, 15) is 0 Å². The molecule has 0 radical (unpaired) electrons. The lowest BCUT2D eigenvalue weighted by Gasteiger charge is -2.22. The third kappa shape index (κ3) is 5.10. The normalized spacial score (nSPS) is 14.1. The van der Waals surface area contributed by atoms with Gasteiger partial charge in [-0.15, -0.1) is 0 Å². The lowest BCUT2D eigenvalue weighted by Crippen LogP contribution is -2.20. The van der Waals surface area contributed by atoms with Crippen LogP contribution in [0.25, 0.3) is 11.6 Å². The Morgan fingerprint density at radius 1 is 1.03 bits per heavy atom. The molecule has 2 aromatic carbocycles. The molecule has 0 saturated carbocycles. The Kier molecular flexibility index (Phi) is 7.38. The van der Waals surface area contributed by atoms with Gasteiger partial charge in [0.15, 0.2) is 0 Å².